The Labute approximate surface area is 171 Å². The van der Waals surface area contributed by atoms with Crippen LogP contribution in [0.1, 0.15) is 52.5 Å². The van der Waals surface area contributed by atoms with Crippen molar-refractivity contribution < 1.29 is 9.59 Å². The molecule has 3 aromatic carbocycles. The minimum atomic E-state index is -0.632. The monoisotopic (exact) mass is 384 g/mol. The van der Waals surface area contributed by atoms with E-state index in [-0.39, 0.29) is 17.9 Å². The standard InChI is InChI=1S/C25H24N2O2/c1-2-22(19-13-7-4-8-14-19)27-23(20-15-9-10-16-21(20)25(27)29)24(28)26-17-18-11-5-3-6-12-18/h3-16,22-23H,2,17H2,1H3,(H,26,28). The second-order valence-electron chi connectivity index (χ2n) is 7.24. The molecule has 2 unspecified atom stereocenters. The van der Waals surface area contributed by atoms with Gasteiger partial charge < -0.3 is 10.2 Å². The fourth-order valence-electron chi connectivity index (χ4n) is 4.08. The van der Waals surface area contributed by atoms with Gasteiger partial charge in [0.15, 0.2) is 0 Å². The minimum absolute atomic E-state index is 0.0869. The molecule has 0 saturated carbocycles. The summed E-state index contributed by atoms with van der Waals surface area (Å²) in [6, 6.07) is 26.4. The summed E-state index contributed by atoms with van der Waals surface area (Å²) in [5.74, 6) is -0.238. The maximum absolute atomic E-state index is 13.3. The molecule has 4 rings (SSSR count). The van der Waals surface area contributed by atoms with Crippen molar-refractivity contribution >= 4 is 11.8 Å². The Balaban J connectivity index is 1.67. The molecule has 1 aliphatic heterocycles. The number of fused-ring (bicyclic) bond motifs is 1. The third-order valence-corrected chi connectivity index (χ3v) is 5.46. The molecule has 4 heteroatoms. The molecule has 1 aliphatic rings. The van der Waals surface area contributed by atoms with Crippen LogP contribution in [0.3, 0.4) is 0 Å². The number of hydrogen-bond acceptors (Lipinski definition) is 2. The van der Waals surface area contributed by atoms with E-state index in [1.165, 1.54) is 0 Å². The predicted octanol–water partition coefficient (Wildman–Crippen LogP) is 4.65. The smallest absolute Gasteiger partial charge is 0.255 e. The van der Waals surface area contributed by atoms with Crippen LogP contribution in [0, 0.1) is 0 Å². The van der Waals surface area contributed by atoms with Crippen molar-refractivity contribution in [2.24, 2.45) is 0 Å². The van der Waals surface area contributed by atoms with E-state index in [1.807, 2.05) is 91.9 Å². The van der Waals surface area contributed by atoms with E-state index < -0.39 is 6.04 Å². The van der Waals surface area contributed by atoms with Crippen molar-refractivity contribution in [3.05, 3.63) is 107 Å². The molecule has 2 atom stereocenters. The zero-order chi connectivity index (χ0) is 20.2. The lowest BCUT2D eigenvalue weighted by atomic mass is 10.00. The van der Waals surface area contributed by atoms with Gasteiger partial charge in [-0.3, -0.25) is 9.59 Å². The number of carbonyl (C=O) groups excluding carboxylic acids is 2. The van der Waals surface area contributed by atoms with E-state index in [0.717, 1.165) is 23.1 Å². The number of benzene rings is 3. The summed E-state index contributed by atoms with van der Waals surface area (Å²) in [7, 11) is 0. The first kappa shape index (κ1) is 18.9. The van der Waals surface area contributed by atoms with Gasteiger partial charge in [0.05, 0.1) is 6.04 Å². The van der Waals surface area contributed by atoms with Gasteiger partial charge in [-0.25, -0.2) is 0 Å². The van der Waals surface area contributed by atoms with E-state index in [4.69, 9.17) is 0 Å². The van der Waals surface area contributed by atoms with E-state index in [1.54, 1.807) is 4.90 Å². The summed E-state index contributed by atoms with van der Waals surface area (Å²) >= 11 is 0. The average molecular weight is 384 g/mol. The third-order valence-electron chi connectivity index (χ3n) is 5.46. The van der Waals surface area contributed by atoms with Gasteiger partial charge in [-0.15, -0.1) is 0 Å². The second-order valence-corrected chi connectivity index (χ2v) is 7.24. The van der Waals surface area contributed by atoms with Crippen molar-refractivity contribution in [2.45, 2.75) is 32.0 Å². The number of carbonyl (C=O) groups is 2. The fourth-order valence-corrected chi connectivity index (χ4v) is 4.08. The summed E-state index contributed by atoms with van der Waals surface area (Å²) in [6.45, 7) is 2.48. The van der Waals surface area contributed by atoms with Crippen LogP contribution >= 0.6 is 0 Å². The Hall–Kier alpha value is -3.40. The van der Waals surface area contributed by atoms with Gasteiger partial charge in [0.25, 0.3) is 5.91 Å². The van der Waals surface area contributed by atoms with Gasteiger partial charge >= 0.3 is 0 Å². The van der Waals surface area contributed by atoms with Crippen molar-refractivity contribution in [3.8, 4) is 0 Å². The molecule has 146 valence electrons. The van der Waals surface area contributed by atoms with Gasteiger partial charge in [-0.05, 0) is 29.2 Å². The van der Waals surface area contributed by atoms with Crippen LogP contribution in [0.5, 0.6) is 0 Å². The molecule has 4 nitrogen and oxygen atoms in total. The predicted molar refractivity (Wildman–Crippen MR) is 113 cm³/mol. The topological polar surface area (TPSA) is 49.4 Å². The Morgan fingerprint density at radius 2 is 1.55 bits per heavy atom. The lowest BCUT2D eigenvalue weighted by Crippen LogP contribution is -2.40. The highest BCUT2D eigenvalue weighted by molar-refractivity contribution is 6.05. The highest BCUT2D eigenvalue weighted by Gasteiger charge is 2.44. The zero-order valence-electron chi connectivity index (χ0n) is 16.4. The maximum atomic E-state index is 13.3. The summed E-state index contributed by atoms with van der Waals surface area (Å²) in [6.07, 6.45) is 0.728. The van der Waals surface area contributed by atoms with Crippen molar-refractivity contribution in [1.82, 2.24) is 10.2 Å². The normalized spacial score (nSPS) is 16.4. The molecular weight excluding hydrogens is 360 g/mol. The van der Waals surface area contributed by atoms with Crippen molar-refractivity contribution in [1.29, 1.82) is 0 Å². The molecule has 2 amide bonds. The van der Waals surface area contributed by atoms with Crippen LogP contribution in [0.4, 0.5) is 0 Å². The molecular formula is C25H24N2O2. The first-order valence-corrected chi connectivity index (χ1v) is 9.99. The number of amides is 2. The quantitative estimate of drug-likeness (QED) is 0.672. The zero-order valence-corrected chi connectivity index (χ0v) is 16.4. The fraction of sp³-hybridized carbons (Fsp3) is 0.200. The first-order valence-electron chi connectivity index (χ1n) is 9.99. The lowest BCUT2D eigenvalue weighted by molar-refractivity contribution is -0.126. The molecule has 0 aromatic heterocycles. The molecule has 0 bridgehead atoms. The SMILES string of the molecule is CCC(c1ccccc1)N1C(=O)c2ccccc2C1C(=O)NCc1ccccc1. The summed E-state index contributed by atoms with van der Waals surface area (Å²) in [4.78, 5) is 28.3. The molecule has 0 saturated heterocycles. The second kappa shape index (κ2) is 8.31. The summed E-state index contributed by atoms with van der Waals surface area (Å²) in [5, 5.41) is 3.03. The van der Waals surface area contributed by atoms with Gasteiger partial charge in [-0.2, -0.15) is 0 Å². The molecule has 0 spiro atoms. The van der Waals surface area contributed by atoms with E-state index in [9.17, 15) is 9.59 Å². The Morgan fingerprint density at radius 1 is 0.931 bits per heavy atom. The molecule has 29 heavy (non-hydrogen) atoms. The van der Waals surface area contributed by atoms with Gasteiger partial charge in [0, 0.05) is 12.1 Å². The third kappa shape index (κ3) is 3.66. The highest BCUT2D eigenvalue weighted by Crippen LogP contribution is 2.41. The molecule has 1 N–H and O–H groups in total. The van der Waals surface area contributed by atoms with Crippen LogP contribution in [0.2, 0.25) is 0 Å². The number of nitrogens with zero attached hydrogens (tertiary/aromatic N) is 1. The minimum Gasteiger partial charge on any atom is -0.350 e. The van der Waals surface area contributed by atoms with Gasteiger partial charge in [0.2, 0.25) is 5.91 Å². The number of nitrogens with one attached hydrogen (secondary N) is 1. The largest absolute Gasteiger partial charge is 0.350 e. The van der Waals surface area contributed by atoms with E-state index in [0.29, 0.717) is 12.1 Å². The van der Waals surface area contributed by atoms with Crippen LogP contribution in [-0.4, -0.2) is 16.7 Å². The Kier molecular flexibility index (Phi) is 5.43. The lowest BCUT2D eigenvalue weighted by Gasteiger charge is -2.32. The van der Waals surface area contributed by atoms with Gasteiger partial charge in [0.1, 0.15) is 6.04 Å². The average Bonchev–Trinajstić information content (AvgIpc) is 3.07. The molecule has 0 radical (unpaired) electrons. The molecule has 1 heterocycles. The van der Waals surface area contributed by atoms with Crippen LogP contribution < -0.4 is 5.32 Å². The van der Waals surface area contributed by atoms with Gasteiger partial charge in [-0.1, -0.05) is 85.8 Å². The van der Waals surface area contributed by atoms with Crippen LogP contribution in [0.15, 0.2) is 84.9 Å². The Morgan fingerprint density at radius 3 is 2.24 bits per heavy atom. The molecule has 0 fully saturated rings. The number of hydrogen-bond donors (Lipinski definition) is 1. The van der Waals surface area contributed by atoms with E-state index >= 15 is 0 Å². The highest BCUT2D eigenvalue weighted by atomic mass is 16.2. The summed E-state index contributed by atoms with van der Waals surface area (Å²) in [5.41, 5.74) is 3.45. The van der Waals surface area contributed by atoms with Crippen LogP contribution in [0.25, 0.3) is 0 Å². The first-order chi connectivity index (χ1) is 14.2. The Bertz CT molecular complexity index is 1000. The van der Waals surface area contributed by atoms with Crippen molar-refractivity contribution in [3.63, 3.8) is 0 Å². The van der Waals surface area contributed by atoms with Crippen molar-refractivity contribution in [2.75, 3.05) is 0 Å². The summed E-state index contributed by atoms with van der Waals surface area (Å²) < 4.78 is 0. The van der Waals surface area contributed by atoms with Crippen LogP contribution in [-0.2, 0) is 11.3 Å². The number of rotatable bonds is 6. The molecule has 0 aliphatic carbocycles. The maximum Gasteiger partial charge on any atom is 0.255 e. The van der Waals surface area contributed by atoms with E-state index in [2.05, 4.69) is 5.32 Å². The molecule has 3 aromatic rings.